The second-order valence-corrected chi connectivity index (χ2v) is 7.68. The first-order valence-corrected chi connectivity index (χ1v) is 9.77. The van der Waals surface area contributed by atoms with Crippen LogP contribution in [0.1, 0.15) is 17.4 Å². The third kappa shape index (κ3) is 3.73. The Hall–Kier alpha value is -3.01. The van der Waals surface area contributed by atoms with Crippen molar-refractivity contribution in [1.82, 2.24) is 19.5 Å². The van der Waals surface area contributed by atoms with E-state index in [1.54, 1.807) is 0 Å². The summed E-state index contributed by atoms with van der Waals surface area (Å²) < 4.78 is 97.8. The molecule has 1 aromatic carbocycles. The van der Waals surface area contributed by atoms with Gasteiger partial charge in [0.1, 0.15) is 30.6 Å². The lowest BCUT2D eigenvalue weighted by Gasteiger charge is -2.18. The minimum Gasteiger partial charge on any atom is -0.394 e. The highest BCUT2D eigenvalue weighted by atomic mass is 19.4. The summed E-state index contributed by atoms with van der Waals surface area (Å²) in [4.78, 5) is 12.1. The lowest BCUT2D eigenvalue weighted by Crippen LogP contribution is -2.30. The van der Waals surface area contributed by atoms with E-state index in [-0.39, 0.29) is 36.4 Å². The quantitative estimate of drug-likeness (QED) is 0.538. The number of nitrogens with zero attached hydrogens (tertiary/aromatic N) is 4. The highest BCUT2D eigenvalue weighted by Crippen LogP contribution is 2.40. The number of hydrogen-bond donors (Lipinski definition) is 2. The van der Waals surface area contributed by atoms with Gasteiger partial charge in [0.25, 0.3) is 0 Å². The van der Waals surface area contributed by atoms with Crippen LogP contribution in [0.2, 0.25) is 0 Å². The van der Waals surface area contributed by atoms with Gasteiger partial charge in [0, 0.05) is 5.56 Å². The molecule has 5 rings (SSSR count). The van der Waals surface area contributed by atoms with E-state index in [9.17, 15) is 31.4 Å². The van der Waals surface area contributed by atoms with E-state index in [0.717, 1.165) is 0 Å². The van der Waals surface area contributed by atoms with Crippen LogP contribution < -0.4 is 5.73 Å². The molecule has 2 saturated heterocycles. The van der Waals surface area contributed by atoms with E-state index in [4.69, 9.17) is 19.9 Å². The average Bonchev–Trinajstić information content (AvgIpc) is 3.47. The molecule has 0 amide bonds. The van der Waals surface area contributed by atoms with Gasteiger partial charge < -0.3 is 25.1 Å². The lowest BCUT2D eigenvalue weighted by atomic mass is 10.0. The average molecular weight is 491 g/mol. The number of aromatic nitrogens is 4. The maximum atomic E-state index is 13.3. The molecule has 0 unspecified atom stereocenters. The van der Waals surface area contributed by atoms with Gasteiger partial charge in [-0.2, -0.15) is 26.3 Å². The van der Waals surface area contributed by atoms with Crippen LogP contribution in [0.4, 0.5) is 32.2 Å². The predicted octanol–water partition coefficient (Wildman–Crippen LogP) is 2.74. The standard InChI is InChI=1S/C19H15F6N5O4/c20-18(21,22)8-1-7(2-9(3-8)19(23,24)25)15-28-14(26)11-16(29-15)30(5-27-11)17-13-12(32-6-33-13)10(4-31)34-17/h1-3,5,10,12-13,17,31H,4,6H2,(H2,26,28,29)/t10-,12-,13-,17-/m1/s1. The van der Waals surface area contributed by atoms with Crippen molar-refractivity contribution >= 4 is 17.0 Å². The van der Waals surface area contributed by atoms with Gasteiger partial charge in [-0.15, -0.1) is 0 Å². The van der Waals surface area contributed by atoms with Crippen molar-refractivity contribution in [2.75, 3.05) is 19.1 Å². The van der Waals surface area contributed by atoms with Gasteiger partial charge in [0.2, 0.25) is 0 Å². The zero-order chi connectivity index (χ0) is 24.4. The largest absolute Gasteiger partial charge is 0.416 e. The molecule has 0 radical (unpaired) electrons. The van der Waals surface area contributed by atoms with Crippen molar-refractivity contribution in [3.8, 4) is 11.4 Å². The van der Waals surface area contributed by atoms with Gasteiger partial charge in [-0.25, -0.2) is 15.0 Å². The van der Waals surface area contributed by atoms with Crippen LogP contribution >= 0.6 is 0 Å². The van der Waals surface area contributed by atoms with Gasteiger partial charge in [-0.05, 0) is 18.2 Å². The van der Waals surface area contributed by atoms with Gasteiger partial charge in [-0.3, -0.25) is 4.57 Å². The summed E-state index contributed by atoms with van der Waals surface area (Å²) in [6.45, 7) is -0.425. The highest BCUT2D eigenvalue weighted by molar-refractivity contribution is 5.84. The van der Waals surface area contributed by atoms with Crippen molar-refractivity contribution in [1.29, 1.82) is 0 Å². The Morgan fingerprint density at radius 3 is 2.26 bits per heavy atom. The van der Waals surface area contributed by atoms with E-state index >= 15 is 0 Å². The molecule has 9 nitrogen and oxygen atoms in total. The minimum atomic E-state index is -5.04. The summed E-state index contributed by atoms with van der Waals surface area (Å²) in [5.74, 6) is -0.734. The summed E-state index contributed by atoms with van der Waals surface area (Å²) in [7, 11) is 0. The van der Waals surface area contributed by atoms with E-state index < -0.39 is 59.4 Å². The summed E-state index contributed by atoms with van der Waals surface area (Å²) in [6.07, 6.45) is -11.7. The fourth-order valence-corrected chi connectivity index (χ4v) is 3.99. The van der Waals surface area contributed by atoms with Gasteiger partial charge >= 0.3 is 12.4 Å². The molecule has 0 aliphatic carbocycles. The molecule has 2 aliphatic rings. The molecule has 0 bridgehead atoms. The van der Waals surface area contributed by atoms with Gasteiger partial charge in [0.05, 0.1) is 24.1 Å². The molecule has 4 atom stereocenters. The van der Waals surface area contributed by atoms with Crippen molar-refractivity contribution in [3.05, 3.63) is 35.7 Å². The number of nitrogens with two attached hydrogens (primary N) is 1. The minimum absolute atomic E-state index is 0.00805. The zero-order valence-electron chi connectivity index (χ0n) is 16.8. The Morgan fingerprint density at radius 1 is 1.00 bits per heavy atom. The molecule has 15 heteroatoms. The molecule has 34 heavy (non-hydrogen) atoms. The molecule has 3 N–H and O–H groups in total. The normalized spacial score (nSPS) is 25.3. The first kappa shape index (κ1) is 22.8. The van der Waals surface area contributed by atoms with Crippen LogP contribution in [0.3, 0.4) is 0 Å². The number of aliphatic hydroxyl groups excluding tert-OH is 1. The summed E-state index contributed by atoms with van der Waals surface area (Å²) in [5.41, 5.74) is 2.38. The zero-order valence-corrected chi connectivity index (χ0v) is 16.8. The van der Waals surface area contributed by atoms with Crippen LogP contribution in [0.5, 0.6) is 0 Å². The fraction of sp³-hybridized carbons (Fsp3) is 0.421. The first-order chi connectivity index (χ1) is 16.0. The number of nitrogen functional groups attached to an aromatic ring is 1. The third-order valence-corrected chi connectivity index (χ3v) is 5.55. The van der Waals surface area contributed by atoms with Crippen molar-refractivity contribution in [2.45, 2.75) is 36.9 Å². The number of anilines is 1. The number of halogens is 6. The Bertz CT molecular complexity index is 1210. The number of alkyl halides is 6. The van der Waals surface area contributed by atoms with Crippen molar-refractivity contribution in [3.63, 3.8) is 0 Å². The Labute approximate surface area is 186 Å². The third-order valence-electron chi connectivity index (χ3n) is 5.55. The SMILES string of the molecule is Nc1nc(-c2cc(C(F)(F)F)cc(C(F)(F)F)c2)nc2c1ncn2[C@@H]1O[C@H](CO)[C@H]2OCO[C@H]21. The molecule has 2 aromatic heterocycles. The number of ether oxygens (including phenoxy) is 3. The molecule has 0 saturated carbocycles. The van der Waals surface area contributed by atoms with Crippen LogP contribution in [-0.2, 0) is 26.6 Å². The molecular weight excluding hydrogens is 476 g/mol. The highest BCUT2D eigenvalue weighted by Gasteiger charge is 2.50. The van der Waals surface area contributed by atoms with Crippen LogP contribution in [-0.4, -0.2) is 56.3 Å². The molecule has 182 valence electrons. The second kappa shape index (κ2) is 7.76. The van der Waals surface area contributed by atoms with Crippen LogP contribution in [0.25, 0.3) is 22.6 Å². The van der Waals surface area contributed by atoms with E-state index in [2.05, 4.69) is 15.0 Å². The Balaban J connectivity index is 1.64. The number of aliphatic hydroxyl groups is 1. The predicted molar refractivity (Wildman–Crippen MR) is 101 cm³/mol. The smallest absolute Gasteiger partial charge is 0.394 e. The first-order valence-electron chi connectivity index (χ1n) is 9.77. The number of fused-ring (bicyclic) bond motifs is 2. The molecular formula is C19H15F6N5O4. The van der Waals surface area contributed by atoms with E-state index in [0.29, 0.717) is 12.1 Å². The molecule has 4 heterocycles. The molecule has 2 aliphatic heterocycles. The Kier molecular flexibility index (Phi) is 5.20. The Morgan fingerprint density at radius 2 is 1.65 bits per heavy atom. The number of hydrogen-bond acceptors (Lipinski definition) is 8. The molecule has 2 fully saturated rings. The maximum absolute atomic E-state index is 13.3. The lowest BCUT2D eigenvalue weighted by molar-refractivity contribution is -0.143. The fourth-order valence-electron chi connectivity index (χ4n) is 3.99. The van der Waals surface area contributed by atoms with Crippen molar-refractivity contribution < 1.29 is 45.7 Å². The molecule has 0 spiro atoms. The van der Waals surface area contributed by atoms with E-state index in [1.165, 1.54) is 10.9 Å². The monoisotopic (exact) mass is 491 g/mol. The number of rotatable bonds is 3. The van der Waals surface area contributed by atoms with Gasteiger partial charge in [-0.1, -0.05) is 0 Å². The topological polar surface area (TPSA) is 118 Å². The summed E-state index contributed by atoms with van der Waals surface area (Å²) in [6, 6.07) is 1.03. The maximum Gasteiger partial charge on any atom is 0.416 e. The van der Waals surface area contributed by atoms with E-state index in [1.807, 2.05) is 0 Å². The summed E-state index contributed by atoms with van der Waals surface area (Å²) in [5, 5.41) is 9.55. The van der Waals surface area contributed by atoms with Crippen LogP contribution in [0.15, 0.2) is 24.5 Å². The van der Waals surface area contributed by atoms with Gasteiger partial charge in [0.15, 0.2) is 23.5 Å². The van der Waals surface area contributed by atoms with Crippen LogP contribution in [0, 0.1) is 0 Å². The number of imidazole rings is 1. The summed E-state index contributed by atoms with van der Waals surface area (Å²) >= 11 is 0. The second-order valence-electron chi connectivity index (χ2n) is 7.68. The number of benzene rings is 1. The van der Waals surface area contributed by atoms with Crippen molar-refractivity contribution in [2.24, 2.45) is 0 Å². The molecule has 3 aromatic rings.